The maximum Gasteiger partial charge on any atom is 0.321 e. The molecular weight excluding hydrogens is 256 g/mol. The first-order valence-corrected chi connectivity index (χ1v) is 6.85. The van der Waals surface area contributed by atoms with Crippen molar-refractivity contribution in [1.82, 2.24) is 4.90 Å². The monoisotopic (exact) mass is 278 g/mol. The predicted molar refractivity (Wildman–Crippen MR) is 79.0 cm³/mol. The van der Waals surface area contributed by atoms with Crippen molar-refractivity contribution in [2.75, 3.05) is 18.9 Å². The summed E-state index contributed by atoms with van der Waals surface area (Å²) < 4.78 is 0. The third kappa shape index (κ3) is 5.73. The van der Waals surface area contributed by atoms with Gasteiger partial charge in [-0.15, -0.1) is 0 Å². The molecule has 0 radical (unpaired) electrons. The number of aliphatic carboxylic acids is 1. The van der Waals surface area contributed by atoms with Crippen LogP contribution in [0.4, 0.5) is 10.5 Å². The standard InChI is InChI=1S/C15H22N2O3/c1-3-5-12-7-9-13(10-8-12)16-15(20)17(2)11-4-6-14(18)19/h7-10H,3-6,11H2,1-2H3,(H,16,20)(H,18,19). The van der Waals surface area contributed by atoms with Gasteiger partial charge in [-0.3, -0.25) is 4.79 Å². The molecule has 0 aliphatic carbocycles. The number of carboxylic acid groups (broad SMARTS) is 1. The molecule has 110 valence electrons. The number of anilines is 1. The van der Waals surface area contributed by atoms with Crippen LogP contribution in [0.25, 0.3) is 0 Å². The van der Waals surface area contributed by atoms with Gasteiger partial charge in [-0.2, -0.15) is 0 Å². The summed E-state index contributed by atoms with van der Waals surface area (Å²) in [6.45, 7) is 2.55. The Hall–Kier alpha value is -2.04. The second kappa shape index (κ2) is 8.19. The van der Waals surface area contributed by atoms with Gasteiger partial charge in [0.15, 0.2) is 0 Å². The first-order chi connectivity index (χ1) is 9.52. The van der Waals surface area contributed by atoms with Crippen LogP contribution in [0, 0.1) is 0 Å². The second-order valence-corrected chi connectivity index (χ2v) is 4.80. The Morgan fingerprint density at radius 2 is 1.90 bits per heavy atom. The first-order valence-electron chi connectivity index (χ1n) is 6.85. The fraction of sp³-hybridized carbons (Fsp3) is 0.467. The van der Waals surface area contributed by atoms with Gasteiger partial charge in [-0.1, -0.05) is 25.5 Å². The van der Waals surface area contributed by atoms with Crippen LogP contribution in [0.15, 0.2) is 24.3 Å². The van der Waals surface area contributed by atoms with Gasteiger partial charge in [-0.05, 0) is 30.5 Å². The normalized spacial score (nSPS) is 10.1. The van der Waals surface area contributed by atoms with Gasteiger partial charge < -0.3 is 15.3 Å². The Morgan fingerprint density at radius 1 is 1.25 bits per heavy atom. The van der Waals surface area contributed by atoms with E-state index in [1.165, 1.54) is 10.5 Å². The van der Waals surface area contributed by atoms with E-state index >= 15 is 0 Å². The topological polar surface area (TPSA) is 69.6 Å². The van der Waals surface area contributed by atoms with Crippen LogP contribution in [-0.4, -0.2) is 35.6 Å². The first kappa shape index (κ1) is 16.0. The molecule has 0 bridgehead atoms. The molecule has 0 heterocycles. The van der Waals surface area contributed by atoms with E-state index in [9.17, 15) is 9.59 Å². The van der Waals surface area contributed by atoms with Crippen LogP contribution in [-0.2, 0) is 11.2 Å². The van der Waals surface area contributed by atoms with Crippen LogP contribution in [0.5, 0.6) is 0 Å². The molecule has 1 rings (SSSR count). The lowest BCUT2D eigenvalue weighted by molar-refractivity contribution is -0.137. The number of nitrogens with one attached hydrogen (secondary N) is 1. The predicted octanol–water partition coefficient (Wildman–Crippen LogP) is 2.97. The number of benzene rings is 1. The molecule has 0 saturated carbocycles. The van der Waals surface area contributed by atoms with Crippen LogP contribution >= 0.6 is 0 Å². The minimum atomic E-state index is -0.842. The summed E-state index contributed by atoms with van der Waals surface area (Å²) in [5, 5.41) is 11.3. The van der Waals surface area contributed by atoms with E-state index in [2.05, 4.69) is 12.2 Å². The largest absolute Gasteiger partial charge is 0.481 e. The minimum absolute atomic E-state index is 0.0728. The third-order valence-electron chi connectivity index (χ3n) is 2.97. The molecule has 2 amide bonds. The smallest absolute Gasteiger partial charge is 0.321 e. The van der Waals surface area contributed by atoms with Crippen molar-refractivity contribution in [3.8, 4) is 0 Å². The molecule has 1 aromatic carbocycles. The van der Waals surface area contributed by atoms with E-state index < -0.39 is 5.97 Å². The number of rotatable bonds is 7. The summed E-state index contributed by atoms with van der Waals surface area (Å²) in [6, 6.07) is 7.55. The van der Waals surface area contributed by atoms with Gasteiger partial charge in [0, 0.05) is 25.7 Å². The zero-order valence-corrected chi connectivity index (χ0v) is 12.1. The Kier molecular flexibility index (Phi) is 6.56. The highest BCUT2D eigenvalue weighted by molar-refractivity contribution is 5.89. The number of amides is 2. The van der Waals surface area contributed by atoms with Gasteiger partial charge >= 0.3 is 12.0 Å². The molecule has 0 spiro atoms. The van der Waals surface area contributed by atoms with E-state index in [0.29, 0.717) is 13.0 Å². The van der Waals surface area contributed by atoms with Gasteiger partial charge in [-0.25, -0.2) is 4.79 Å². The van der Waals surface area contributed by atoms with E-state index in [1.807, 2.05) is 24.3 Å². The van der Waals surface area contributed by atoms with Crippen molar-refractivity contribution in [2.24, 2.45) is 0 Å². The number of aryl methyl sites for hydroxylation is 1. The number of nitrogens with zero attached hydrogens (tertiary/aromatic N) is 1. The molecule has 0 aliphatic rings. The van der Waals surface area contributed by atoms with Crippen molar-refractivity contribution < 1.29 is 14.7 Å². The molecular formula is C15H22N2O3. The lowest BCUT2D eigenvalue weighted by Gasteiger charge is -2.17. The summed E-state index contributed by atoms with van der Waals surface area (Å²) in [4.78, 5) is 23.8. The highest BCUT2D eigenvalue weighted by atomic mass is 16.4. The van der Waals surface area contributed by atoms with Crippen LogP contribution in [0.2, 0.25) is 0 Å². The maximum absolute atomic E-state index is 11.9. The Labute approximate surface area is 119 Å². The van der Waals surface area contributed by atoms with Crippen molar-refractivity contribution >= 4 is 17.7 Å². The molecule has 1 aromatic rings. The highest BCUT2D eigenvalue weighted by Crippen LogP contribution is 2.11. The maximum atomic E-state index is 11.9. The van der Waals surface area contributed by atoms with Crippen LogP contribution in [0.1, 0.15) is 31.7 Å². The Bertz CT molecular complexity index is 443. The fourth-order valence-corrected chi connectivity index (χ4v) is 1.83. The minimum Gasteiger partial charge on any atom is -0.481 e. The van der Waals surface area contributed by atoms with Gasteiger partial charge in [0.25, 0.3) is 0 Å². The number of urea groups is 1. The average Bonchev–Trinajstić information content (AvgIpc) is 2.40. The highest BCUT2D eigenvalue weighted by Gasteiger charge is 2.09. The third-order valence-corrected chi connectivity index (χ3v) is 2.97. The zero-order chi connectivity index (χ0) is 15.0. The molecule has 0 saturated heterocycles. The van der Waals surface area contributed by atoms with Crippen LogP contribution < -0.4 is 5.32 Å². The van der Waals surface area contributed by atoms with Crippen molar-refractivity contribution in [1.29, 1.82) is 0 Å². The molecule has 20 heavy (non-hydrogen) atoms. The van der Waals surface area contributed by atoms with Crippen LogP contribution in [0.3, 0.4) is 0 Å². The summed E-state index contributed by atoms with van der Waals surface area (Å²) in [6.07, 6.45) is 2.65. The number of hydrogen-bond donors (Lipinski definition) is 2. The Balaban J connectivity index is 2.42. The van der Waals surface area contributed by atoms with E-state index in [-0.39, 0.29) is 12.5 Å². The SMILES string of the molecule is CCCc1ccc(NC(=O)N(C)CCCC(=O)O)cc1. The molecule has 5 nitrogen and oxygen atoms in total. The molecule has 0 fully saturated rings. The lowest BCUT2D eigenvalue weighted by Crippen LogP contribution is -2.32. The van der Waals surface area contributed by atoms with Crippen molar-refractivity contribution in [3.63, 3.8) is 0 Å². The molecule has 0 aromatic heterocycles. The fourth-order valence-electron chi connectivity index (χ4n) is 1.83. The number of carbonyl (C=O) groups excluding carboxylic acids is 1. The lowest BCUT2D eigenvalue weighted by atomic mass is 10.1. The Morgan fingerprint density at radius 3 is 2.45 bits per heavy atom. The summed E-state index contributed by atoms with van der Waals surface area (Å²) in [5.41, 5.74) is 2.00. The summed E-state index contributed by atoms with van der Waals surface area (Å²) >= 11 is 0. The zero-order valence-electron chi connectivity index (χ0n) is 12.1. The number of carbonyl (C=O) groups is 2. The van der Waals surface area contributed by atoms with Gasteiger partial charge in [0.1, 0.15) is 0 Å². The van der Waals surface area contributed by atoms with E-state index in [0.717, 1.165) is 18.5 Å². The summed E-state index contributed by atoms with van der Waals surface area (Å²) in [5.74, 6) is -0.842. The molecule has 2 N–H and O–H groups in total. The van der Waals surface area contributed by atoms with Gasteiger partial charge in [0.05, 0.1) is 0 Å². The quantitative estimate of drug-likeness (QED) is 0.805. The molecule has 0 unspecified atom stereocenters. The number of hydrogen-bond acceptors (Lipinski definition) is 2. The van der Waals surface area contributed by atoms with E-state index in [1.54, 1.807) is 7.05 Å². The molecule has 0 atom stereocenters. The number of carboxylic acids is 1. The molecule has 5 heteroatoms. The van der Waals surface area contributed by atoms with Crippen molar-refractivity contribution in [2.45, 2.75) is 32.6 Å². The van der Waals surface area contributed by atoms with Gasteiger partial charge in [0.2, 0.25) is 0 Å². The molecule has 0 aliphatic heterocycles. The second-order valence-electron chi connectivity index (χ2n) is 4.80. The average molecular weight is 278 g/mol. The van der Waals surface area contributed by atoms with Crippen molar-refractivity contribution in [3.05, 3.63) is 29.8 Å². The summed E-state index contributed by atoms with van der Waals surface area (Å²) in [7, 11) is 1.66. The van der Waals surface area contributed by atoms with E-state index in [4.69, 9.17) is 5.11 Å².